The Bertz CT molecular complexity index is 1230. The molecule has 33 heavy (non-hydrogen) atoms. The van der Waals surface area contributed by atoms with Gasteiger partial charge < -0.3 is 28.8 Å². The molecule has 0 saturated heterocycles. The van der Waals surface area contributed by atoms with Crippen molar-refractivity contribution in [3.63, 3.8) is 0 Å². The summed E-state index contributed by atoms with van der Waals surface area (Å²) in [4.78, 5) is 13.5. The number of phenolic OH excluding ortho intramolecular Hbond substituents is 1. The van der Waals surface area contributed by atoms with Crippen molar-refractivity contribution in [2.45, 2.75) is 6.10 Å². The van der Waals surface area contributed by atoms with E-state index in [4.69, 9.17) is 23.7 Å². The van der Waals surface area contributed by atoms with Gasteiger partial charge in [0, 0.05) is 11.1 Å². The zero-order valence-electron chi connectivity index (χ0n) is 18.7. The molecule has 7 nitrogen and oxygen atoms in total. The molecule has 0 aliphatic carbocycles. The van der Waals surface area contributed by atoms with Crippen LogP contribution in [-0.4, -0.2) is 39.3 Å². The van der Waals surface area contributed by atoms with Gasteiger partial charge in [-0.3, -0.25) is 4.79 Å². The van der Waals surface area contributed by atoms with Crippen LogP contribution in [0.2, 0.25) is 0 Å². The summed E-state index contributed by atoms with van der Waals surface area (Å²) in [7, 11) is 6.22. The number of carbonyl (C=O) groups is 1. The summed E-state index contributed by atoms with van der Waals surface area (Å²) in [6.07, 6.45) is 1.04. The molecule has 0 fully saturated rings. The first-order valence-electron chi connectivity index (χ1n) is 10.2. The zero-order valence-corrected chi connectivity index (χ0v) is 18.7. The van der Waals surface area contributed by atoms with Crippen LogP contribution in [0, 0.1) is 0 Å². The quantitative estimate of drug-likeness (QED) is 0.541. The minimum absolute atomic E-state index is 0.0132. The summed E-state index contributed by atoms with van der Waals surface area (Å²) in [5.41, 5.74) is 2.13. The molecule has 1 atom stereocenters. The highest BCUT2D eigenvalue weighted by molar-refractivity contribution is 6.15. The van der Waals surface area contributed by atoms with Crippen LogP contribution in [0.15, 0.2) is 60.2 Å². The van der Waals surface area contributed by atoms with E-state index in [0.717, 1.165) is 5.56 Å². The molecule has 3 aromatic rings. The molecular formula is C26H24O7. The second-order valence-corrected chi connectivity index (χ2v) is 7.34. The van der Waals surface area contributed by atoms with E-state index in [1.807, 2.05) is 12.1 Å². The second kappa shape index (κ2) is 9.16. The number of carbonyl (C=O) groups excluding carboxylic acids is 1. The summed E-state index contributed by atoms with van der Waals surface area (Å²) in [5, 5.41) is 9.93. The molecule has 0 bridgehead atoms. The van der Waals surface area contributed by atoms with Gasteiger partial charge in [0.05, 0.1) is 34.0 Å². The van der Waals surface area contributed by atoms with Crippen LogP contribution < -0.4 is 23.7 Å². The van der Waals surface area contributed by atoms with Gasteiger partial charge in [0.1, 0.15) is 11.5 Å². The number of fused-ring (bicyclic) bond motifs is 1. The van der Waals surface area contributed by atoms with Crippen molar-refractivity contribution >= 4 is 11.9 Å². The third-order valence-electron chi connectivity index (χ3n) is 5.44. The number of hydrogen-bond donors (Lipinski definition) is 1. The molecule has 0 saturated carbocycles. The fourth-order valence-electron chi connectivity index (χ4n) is 3.79. The van der Waals surface area contributed by atoms with Crippen LogP contribution in [0.4, 0.5) is 0 Å². The Morgan fingerprint density at radius 3 is 2.09 bits per heavy atom. The van der Waals surface area contributed by atoms with Gasteiger partial charge in [-0.05, 0) is 54.1 Å². The van der Waals surface area contributed by atoms with Crippen LogP contribution >= 0.6 is 0 Å². The van der Waals surface area contributed by atoms with E-state index >= 15 is 0 Å². The third kappa shape index (κ3) is 4.17. The molecule has 170 valence electrons. The van der Waals surface area contributed by atoms with E-state index in [1.54, 1.807) is 64.8 Å². The van der Waals surface area contributed by atoms with Crippen LogP contribution in [0.5, 0.6) is 34.5 Å². The number of rotatable bonds is 6. The highest BCUT2D eigenvalue weighted by Crippen LogP contribution is 2.42. The highest BCUT2D eigenvalue weighted by Gasteiger charge is 2.34. The topological polar surface area (TPSA) is 83.5 Å². The first-order chi connectivity index (χ1) is 16.0. The molecule has 7 heteroatoms. The fourth-order valence-corrected chi connectivity index (χ4v) is 3.79. The smallest absolute Gasteiger partial charge is 0.196 e. The fraction of sp³-hybridized carbons (Fsp3) is 0.192. The predicted octanol–water partition coefficient (Wildman–Crippen LogP) is 4.83. The normalized spacial score (nSPS) is 16.1. The average Bonchev–Trinajstić information content (AvgIpc) is 2.85. The monoisotopic (exact) mass is 448 g/mol. The molecule has 4 rings (SSSR count). The zero-order chi connectivity index (χ0) is 23.5. The molecule has 1 aliphatic heterocycles. The van der Waals surface area contributed by atoms with E-state index in [2.05, 4.69) is 0 Å². The minimum Gasteiger partial charge on any atom is -0.508 e. The van der Waals surface area contributed by atoms with Crippen molar-refractivity contribution in [1.29, 1.82) is 0 Å². The van der Waals surface area contributed by atoms with Gasteiger partial charge in [0.2, 0.25) is 0 Å². The average molecular weight is 448 g/mol. The summed E-state index contributed by atoms with van der Waals surface area (Å²) in [5.74, 6) is 2.34. The van der Waals surface area contributed by atoms with Crippen molar-refractivity contribution in [2.24, 2.45) is 0 Å². The Hall–Kier alpha value is -4.13. The molecule has 1 heterocycles. The standard InChI is InChI=1S/C26H24O7/c1-29-21-8-5-15(12-23(21)31-3)11-19-25(28)18-14-17(27)7-10-20(18)33-26(19)16-6-9-22(30-2)24(13-16)32-4/h5-14,26-27H,1-4H3. The lowest BCUT2D eigenvalue weighted by molar-refractivity contribution is 0.0962. The Morgan fingerprint density at radius 1 is 0.788 bits per heavy atom. The van der Waals surface area contributed by atoms with E-state index in [0.29, 0.717) is 45.4 Å². The molecule has 1 aliphatic rings. The molecule has 1 N–H and O–H groups in total. The number of aromatic hydroxyl groups is 1. The predicted molar refractivity (Wildman–Crippen MR) is 123 cm³/mol. The van der Waals surface area contributed by atoms with E-state index < -0.39 is 6.10 Å². The summed E-state index contributed by atoms with van der Waals surface area (Å²) in [6, 6.07) is 15.2. The number of Topliss-reactive ketones (excluding diaryl/α,β-unsaturated/α-hetero) is 1. The van der Waals surface area contributed by atoms with Crippen molar-refractivity contribution in [3.05, 3.63) is 76.9 Å². The van der Waals surface area contributed by atoms with Crippen LogP contribution in [-0.2, 0) is 0 Å². The van der Waals surface area contributed by atoms with Crippen molar-refractivity contribution < 1.29 is 33.6 Å². The maximum absolute atomic E-state index is 13.5. The van der Waals surface area contributed by atoms with Crippen LogP contribution in [0.25, 0.3) is 6.08 Å². The van der Waals surface area contributed by atoms with Gasteiger partial charge in [-0.1, -0.05) is 12.1 Å². The summed E-state index contributed by atoms with van der Waals surface area (Å²) >= 11 is 0. The first-order valence-corrected chi connectivity index (χ1v) is 10.2. The van der Waals surface area contributed by atoms with E-state index in [9.17, 15) is 9.90 Å². The number of ketones is 1. The largest absolute Gasteiger partial charge is 0.508 e. The van der Waals surface area contributed by atoms with Gasteiger partial charge >= 0.3 is 0 Å². The van der Waals surface area contributed by atoms with Crippen molar-refractivity contribution in [1.82, 2.24) is 0 Å². The van der Waals surface area contributed by atoms with Gasteiger partial charge in [0.15, 0.2) is 34.9 Å². The lowest BCUT2D eigenvalue weighted by Gasteiger charge is -2.28. The van der Waals surface area contributed by atoms with E-state index in [-0.39, 0.29) is 11.5 Å². The minimum atomic E-state index is -0.706. The molecule has 3 aromatic carbocycles. The van der Waals surface area contributed by atoms with Gasteiger partial charge in [-0.15, -0.1) is 0 Å². The number of methoxy groups -OCH3 is 4. The maximum atomic E-state index is 13.5. The Morgan fingerprint density at radius 2 is 1.42 bits per heavy atom. The molecule has 1 unspecified atom stereocenters. The SMILES string of the molecule is COc1ccc(C=C2C(=O)c3cc(O)ccc3OC2c2ccc(OC)c(OC)c2)cc1OC. The Labute approximate surface area is 191 Å². The Kier molecular flexibility index (Phi) is 6.13. The first kappa shape index (κ1) is 22.1. The molecule has 0 aromatic heterocycles. The maximum Gasteiger partial charge on any atom is 0.196 e. The van der Waals surface area contributed by atoms with Gasteiger partial charge in [-0.25, -0.2) is 0 Å². The highest BCUT2D eigenvalue weighted by atomic mass is 16.5. The third-order valence-corrected chi connectivity index (χ3v) is 5.44. The Balaban J connectivity index is 1.87. The van der Waals surface area contributed by atoms with Gasteiger partial charge in [-0.2, -0.15) is 0 Å². The molecular weight excluding hydrogens is 424 g/mol. The van der Waals surface area contributed by atoms with Crippen molar-refractivity contribution in [3.8, 4) is 34.5 Å². The lowest BCUT2D eigenvalue weighted by atomic mass is 9.89. The van der Waals surface area contributed by atoms with Crippen molar-refractivity contribution in [2.75, 3.05) is 28.4 Å². The lowest BCUT2D eigenvalue weighted by Crippen LogP contribution is -2.23. The molecule has 0 spiro atoms. The molecule has 0 radical (unpaired) electrons. The summed E-state index contributed by atoms with van der Waals surface area (Å²) < 4.78 is 27.7. The second-order valence-electron chi connectivity index (χ2n) is 7.34. The summed E-state index contributed by atoms with van der Waals surface area (Å²) in [6.45, 7) is 0. The van der Waals surface area contributed by atoms with Gasteiger partial charge in [0.25, 0.3) is 0 Å². The van der Waals surface area contributed by atoms with E-state index in [1.165, 1.54) is 12.1 Å². The van der Waals surface area contributed by atoms with Crippen LogP contribution in [0.3, 0.4) is 0 Å². The molecule has 0 amide bonds. The number of hydrogen-bond acceptors (Lipinski definition) is 7. The van der Waals surface area contributed by atoms with Crippen LogP contribution in [0.1, 0.15) is 27.6 Å². The number of benzene rings is 3. The number of ether oxygens (including phenoxy) is 5. The number of phenols is 1.